The summed E-state index contributed by atoms with van der Waals surface area (Å²) in [5, 5.41) is 0. The highest BCUT2D eigenvalue weighted by molar-refractivity contribution is 7.80. The maximum absolute atomic E-state index is 12.6. The number of benzene rings is 1. The molecule has 0 aliphatic carbocycles. The minimum absolute atomic E-state index is 0.0842. The molecule has 1 rings (SSSR count). The van der Waals surface area contributed by atoms with E-state index in [-0.39, 0.29) is 19.0 Å². The minimum Gasteiger partial charge on any atom is -0.491 e. The fourth-order valence-electron chi connectivity index (χ4n) is 1.20. The Balaban J connectivity index is 2.53. The van der Waals surface area contributed by atoms with Gasteiger partial charge in [-0.3, -0.25) is 0 Å². The summed E-state index contributed by atoms with van der Waals surface area (Å²) in [4.78, 5) is 0. The van der Waals surface area contributed by atoms with Crippen LogP contribution in [0.5, 0.6) is 5.75 Å². The number of ether oxygens (including phenoxy) is 2. The third-order valence-electron chi connectivity index (χ3n) is 1.91. The predicted molar refractivity (Wildman–Crippen MR) is 61.6 cm³/mol. The fourth-order valence-corrected chi connectivity index (χ4v) is 1.33. The van der Waals surface area contributed by atoms with Gasteiger partial charge in [-0.2, -0.15) is 25.8 Å². The van der Waals surface area contributed by atoms with E-state index in [0.29, 0.717) is 12.4 Å². The molecule has 0 saturated carbocycles. The number of thiol groups is 1. The Hall–Kier alpha value is -0.880. The molecule has 0 amide bonds. The number of alkyl halides is 3. The highest BCUT2D eigenvalue weighted by Gasteiger charge is 2.33. The van der Waals surface area contributed by atoms with E-state index in [4.69, 9.17) is 9.47 Å². The van der Waals surface area contributed by atoms with E-state index in [2.05, 4.69) is 12.6 Å². The van der Waals surface area contributed by atoms with E-state index in [9.17, 15) is 13.2 Å². The molecule has 17 heavy (non-hydrogen) atoms. The molecule has 0 radical (unpaired) electrons. The molecule has 96 valence electrons. The largest absolute Gasteiger partial charge is 0.491 e. The van der Waals surface area contributed by atoms with Crippen molar-refractivity contribution in [2.45, 2.75) is 6.18 Å². The Morgan fingerprint density at radius 1 is 1.06 bits per heavy atom. The molecule has 0 N–H and O–H groups in total. The van der Waals surface area contributed by atoms with E-state index in [0.717, 1.165) is 6.07 Å². The van der Waals surface area contributed by atoms with E-state index in [1.54, 1.807) is 0 Å². The molecule has 0 spiro atoms. The molecule has 0 unspecified atom stereocenters. The molecule has 6 heteroatoms. The number of para-hydroxylation sites is 1. The second kappa shape index (κ2) is 6.76. The molecule has 0 atom stereocenters. The smallest absolute Gasteiger partial charge is 0.419 e. The van der Waals surface area contributed by atoms with Gasteiger partial charge in [0.05, 0.1) is 18.8 Å². The van der Waals surface area contributed by atoms with Gasteiger partial charge in [-0.25, -0.2) is 0 Å². The van der Waals surface area contributed by atoms with E-state index >= 15 is 0 Å². The van der Waals surface area contributed by atoms with Crippen molar-refractivity contribution in [3.8, 4) is 5.75 Å². The van der Waals surface area contributed by atoms with Crippen molar-refractivity contribution in [3.05, 3.63) is 29.8 Å². The van der Waals surface area contributed by atoms with Gasteiger partial charge in [0, 0.05) is 5.75 Å². The minimum atomic E-state index is -4.40. The topological polar surface area (TPSA) is 18.5 Å². The molecule has 0 aliphatic heterocycles. The van der Waals surface area contributed by atoms with Gasteiger partial charge in [-0.05, 0) is 12.1 Å². The predicted octanol–water partition coefficient (Wildman–Crippen LogP) is 3.03. The molecular formula is C11H13F3O2S. The molecule has 0 aromatic heterocycles. The number of rotatable bonds is 6. The number of hydrogen-bond donors (Lipinski definition) is 1. The van der Waals surface area contributed by atoms with Crippen LogP contribution in [0, 0.1) is 0 Å². The summed E-state index contributed by atoms with van der Waals surface area (Å²) in [6.07, 6.45) is -4.40. The highest BCUT2D eigenvalue weighted by Crippen LogP contribution is 2.35. The van der Waals surface area contributed by atoms with Crippen molar-refractivity contribution in [2.75, 3.05) is 25.6 Å². The van der Waals surface area contributed by atoms with Gasteiger partial charge in [-0.15, -0.1) is 0 Å². The summed E-state index contributed by atoms with van der Waals surface area (Å²) in [7, 11) is 0. The Morgan fingerprint density at radius 2 is 1.76 bits per heavy atom. The number of halogens is 3. The highest BCUT2D eigenvalue weighted by atomic mass is 32.1. The van der Waals surface area contributed by atoms with Crippen LogP contribution in [0.25, 0.3) is 0 Å². The SMILES string of the molecule is FC(F)(F)c1ccccc1OCCOCCS. The maximum Gasteiger partial charge on any atom is 0.419 e. The first-order valence-corrected chi connectivity index (χ1v) is 5.66. The van der Waals surface area contributed by atoms with Gasteiger partial charge in [0.1, 0.15) is 12.4 Å². The zero-order valence-corrected chi connectivity index (χ0v) is 9.93. The zero-order chi connectivity index (χ0) is 12.7. The number of hydrogen-bond acceptors (Lipinski definition) is 3. The Morgan fingerprint density at radius 3 is 2.41 bits per heavy atom. The molecule has 0 bridgehead atoms. The van der Waals surface area contributed by atoms with Crippen LogP contribution in [0.1, 0.15) is 5.56 Å². The van der Waals surface area contributed by atoms with Gasteiger partial charge < -0.3 is 9.47 Å². The summed E-state index contributed by atoms with van der Waals surface area (Å²) in [6, 6.07) is 5.11. The van der Waals surface area contributed by atoms with Crippen molar-refractivity contribution in [1.29, 1.82) is 0 Å². The second-order valence-corrected chi connectivity index (χ2v) is 3.63. The van der Waals surface area contributed by atoms with E-state index < -0.39 is 11.7 Å². The van der Waals surface area contributed by atoms with E-state index in [1.807, 2.05) is 0 Å². The summed E-state index contributed by atoms with van der Waals surface area (Å²) in [5.41, 5.74) is -0.769. The summed E-state index contributed by atoms with van der Waals surface area (Å²) in [5.74, 6) is 0.397. The van der Waals surface area contributed by atoms with Crippen LogP contribution in [-0.4, -0.2) is 25.6 Å². The first-order valence-electron chi connectivity index (χ1n) is 5.03. The summed E-state index contributed by atoms with van der Waals surface area (Å²) in [6.45, 7) is 0.779. The van der Waals surface area contributed by atoms with Gasteiger partial charge in [0.25, 0.3) is 0 Å². The van der Waals surface area contributed by atoms with Gasteiger partial charge >= 0.3 is 6.18 Å². The molecule has 0 fully saturated rings. The average molecular weight is 266 g/mol. The molecule has 0 heterocycles. The Bertz CT molecular complexity index is 342. The molecule has 1 aromatic rings. The van der Waals surface area contributed by atoms with Gasteiger partial charge in [0.15, 0.2) is 0 Å². The van der Waals surface area contributed by atoms with Crippen LogP contribution in [-0.2, 0) is 10.9 Å². The molecule has 0 aliphatic rings. The standard InChI is InChI=1S/C11H13F3O2S/c12-11(13,14)9-3-1-2-4-10(9)16-6-5-15-7-8-17/h1-4,17H,5-8H2. The maximum atomic E-state index is 12.6. The summed E-state index contributed by atoms with van der Waals surface area (Å²) < 4.78 is 47.8. The lowest BCUT2D eigenvalue weighted by Gasteiger charge is -2.13. The lowest BCUT2D eigenvalue weighted by molar-refractivity contribution is -0.139. The molecular weight excluding hydrogens is 253 g/mol. The Labute approximate surface area is 103 Å². The van der Waals surface area contributed by atoms with Crippen LogP contribution < -0.4 is 4.74 Å². The second-order valence-electron chi connectivity index (χ2n) is 3.18. The third kappa shape index (κ3) is 4.87. The van der Waals surface area contributed by atoms with E-state index in [1.165, 1.54) is 18.2 Å². The van der Waals surface area contributed by atoms with Crippen molar-refractivity contribution in [1.82, 2.24) is 0 Å². The van der Waals surface area contributed by atoms with Crippen molar-refractivity contribution in [3.63, 3.8) is 0 Å². The average Bonchev–Trinajstić information content (AvgIpc) is 2.28. The fraction of sp³-hybridized carbons (Fsp3) is 0.455. The molecule has 1 aromatic carbocycles. The lowest BCUT2D eigenvalue weighted by Crippen LogP contribution is -2.12. The Kier molecular flexibility index (Phi) is 5.64. The quantitative estimate of drug-likeness (QED) is 0.630. The van der Waals surface area contributed by atoms with Gasteiger partial charge in [-0.1, -0.05) is 12.1 Å². The zero-order valence-electron chi connectivity index (χ0n) is 9.04. The third-order valence-corrected chi connectivity index (χ3v) is 2.10. The van der Waals surface area contributed by atoms with Gasteiger partial charge in [0.2, 0.25) is 0 Å². The van der Waals surface area contributed by atoms with Crippen molar-refractivity contribution in [2.24, 2.45) is 0 Å². The summed E-state index contributed by atoms with van der Waals surface area (Å²) >= 11 is 3.93. The molecule has 2 nitrogen and oxygen atoms in total. The normalized spacial score (nSPS) is 11.5. The van der Waals surface area contributed by atoms with Crippen LogP contribution in [0.3, 0.4) is 0 Å². The van der Waals surface area contributed by atoms with Crippen molar-refractivity contribution < 1.29 is 22.6 Å². The first-order chi connectivity index (χ1) is 8.05. The monoisotopic (exact) mass is 266 g/mol. The van der Waals surface area contributed by atoms with Crippen LogP contribution >= 0.6 is 12.6 Å². The lowest BCUT2D eigenvalue weighted by atomic mass is 10.2. The van der Waals surface area contributed by atoms with Crippen LogP contribution in [0.15, 0.2) is 24.3 Å². The molecule has 0 saturated heterocycles. The van der Waals surface area contributed by atoms with Crippen LogP contribution in [0.2, 0.25) is 0 Å². The van der Waals surface area contributed by atoms with Crippen molar-refractivity contribution >= 4 is 12.6 Å². The first kappa shape index (κ1) is 14.2. The van der Waals surface area contributed by atoms with Crippen LogP contribution in [0.4, 0.5) is 13.2 Å².